The minimum Gasteiger partial charge on any atom is -0.391 e. The minimum absolute atomic E-state index is 0.143. The van der Waals surface area contributed by atoms with Crippen molar-refractivity contribution in [3.63, 3.8) is 0 Å². The van der Waals surface area contributed by atoms with Gasteiger partial charge in [0, 0.05) is 38.6 Å². The van der Waals surface area contributed by atoms with E-state index >= 15 is 0 Å². The summed E-state index contributed by atoms with van der Waals surface area (Å²) in [6.45, 7) is 3.60. The van der Waals surface area contributed by atoms with E-state index in [-0.39, 0.29) is 6.10 Å². The molecule has 1 aliphatic heterocycles. The summed E-state index contributed by atoms with van der Waals surface area (Å²) < 4.78 is 0. The van der Waals surface area contributed by atoms with Crippen LogP contribution in [0.15, 0.2) is 0 Å². The van der Waals surface area contributed by atoms with E-state index in [9.17, 15) is 9.90 Å². The molecule has 4 heteroatoms. The summed E-state index contributed by atoms with van der Waals surface area (Å²) in [5.74, 6) is 1.01. The van der Waals surface area contributed by atoms with Gasteiger partial charge in [-0.2, -0.15) is 0 Å². The highest BCUT2D eigenvalue weighted by Crippen LogP contribution is 2.29. The van der Waals surface area contributed by atoms with Crippen LogP contribution < -0.4 is 0 Å². The third kappa shape index (κ3) is 3.17. The van der Waals surface area contributed by atoms with Gasteiger partial charge in [-0.15, -0.1) is 0 Å². The number of carbonyl (C=O) groups excluding carboxylic acids is 1. The van der Waals surface area contributed by atoms with E-state index in [1.807, 2.05) is 0 Å². The summed E-state index contributed by atoms with van der Waals surface area (Å²) in [5, 5.41) is 9.98. The van der Waals surface area contributed by atoms with E-state index in [4.69, 9.17) is 0 Å². The first kappa shape index (κ1) is 14.3. The van der Waals surface area contributed by atoms with Crippen molar-refractivity contribution in [3.8, 4) is 0 Å². The molecule has 3 fully saturated rings. The number of aliphatic hydroxyl groups is 1. The van der Waals surface area contributed by atoms with E-state index in [2.05, 4.69) is 9.80 Å². The number of amides is 1. The average molecular weight is 280 g/mol. The van der Waals surface area contributed by atoms with Crippen molar-refractivity contribution in [2.75, 3.05) is 26.2 Å². The fourth-order valence-electron chi connectivity index (χ4n) is 4.24. The molecule has 2 aliphatic carbocycles. The summed E-state index contributed by atoms with van der Waals surface area (Å²) in [6, 6.07) is 0.349. The normalized spacial score (nSPS) is 33.0. The lowest BCUT2D eigenvalue weighted by molar-refractivity contribution is -0.134. The van der Waals surface area contributed by atoms with Crippen LogP contribution in [0.3, 0.4) is 0 Å². The Kier molecular flexibility index (Phi) is 4.61. The van der Waals surface area contributed by atoms with Crippen LogP contribution >= 0.6 is 0 Å². The van der Waals surface area contributed by atoms with Gasteiger partial charge in [0.25, 0.3) is 0 Å². The average Bonchev–Trinajstić information content (AvgIpc) is 3.10. The molecular weight excluding hydrogens is 252 g/mol. The summed E-state index contributed by atoms with van der Waals surface area (Å²) in [5.41, 5.74) is 0. The fourth-order valence-corrected chi connectivity index (χ4v) is 4.24. The lowest BCUT2D eigenvalue weighted by Gasteiger charge is -2.39. The fraction of sp³-hybridized carbons (Fsp3) is 0.938. The van der Waals surface area contributed by atoms with Crippen LogP contribution in [-0.4, -0.2) is 59.1 Å². The third-order valence-electron chi connectivity index (χ3n) is 5.52. The van der Waals surface area contributed by atoms with Crippen molar-refractivity contribution < 1.29 is 9.90 Å². The number of rotatable bonds is 3. The number of carbonyl (C=O) groups is 1. The molecule has 1 heterocycles. The van der Waals surface area contributed by atoms with Crippen LogP contribution in [0.4, 0.5) is 0 Å². The molecule has 114 valence electrons. The summed E-state index contributed by atoms with van der Waals surface area (Å²) in [7, 11) is 0. The van der Waals surface area contributed by atoms with Crippen LogP contribution in [0.5, 0.6) is 0 Å². The topological polar surface area (TPSA) is 43.8 Å². The Morgan fingerprint density at radius 2 is 1.65 bits per heavy atom. The molecule has 20 heavy (non-hydrogen) atoms. The SMILES string of the molecule is O=C(CC1CCCC1)N1CCN([C@H]2CCC[C@H]2O)CC1. The van der Waals surface area contributed by atoms with Gasteiger partial charge < -0.3 is 10.0 Å². The van der Waals surface area contributed by atoms with Crippen LogP contribution in [0.25, 0.3) is 0 Å². The summed E-state index contributed by atoms with van der Waals surface area (Å²) >= 11 is 0. The molecule has 4 nitrogen and oxygen atoms in total. The Hall–Kier alpha value is -0.610. The Morgan fingerprint density at radius 1 is 0.950 bits per heavy atom. The maximum atomic E-state index is 12.3. The van der Waals surface area contributed by atoms with Crippen molar-refractivity contribution in [3.05, 3.63) is 0 Å². The maximum Gasteiger partial charge on any atom is 0.222 e. The molecule has 2 atom stereocenters. The predicted molar refractivity (Wildman–Crippen MR) is 78.4 cm³/mol. The van der Waals surface area contributed by atoms with Gasteiger partial charge in [0.1, 0.15) is 0 Å². The monoisotopic (exact) mass is 280 g/mol. The van der Waals surface area contributed by atoms with Crippen LogP contribution in [0.1, 0.15) is 51.4 Å². The zero-order valence-corrected chi connectivity index (χ0v) is 12.5. The largest absolute Gasteiger partial charge is 0.391 e. The molecule has 0 bridgehead atoms. The third-order valence-corrected chi connectivity index (χ3v) is 5.52. The predicted octanol–water partition coefficient (Wildman–Crippen LogP) is 1.62. The highest BCUT2D eigenvalue weighted by atomic mass is 16.3. The quantitative estimate of drug-likeness (QED) is 0.854. The van der Waals surface area contributed by atoms with Gasteiger partial charge in [-0.1, -0.05) is 12.8 Å². The highest BCUT2D eigenvalue weighted by Gasteiger charge is 2.33. The number of hydrogen-bond acceptors (Lipinski definition) is 3. The molecule has 0 aromatic rings. The molecule has 1 N–H and O–H groups in total. The van der Waals surface area contributed by atoms with Crippen LogP contribution in [0.2, 0.25) is 0 Å². The number of piperazine rings is 1. The Labute approximate surface area is 122 Å². The van der Waals surface area contributed by atoms with Crippen molar-refractivity contribution in [2.24, 2.45) is 5.92 Å². The van der Waals surface area contributed by atoms with Gasteiger partial charge in [0.15, 0.2) is 0 Å². The smallest absolute Gasteiger partial charge is 0.222 e. The molecule has 0 spiro atoms. The van der Waals surface area contributed by atoms with Gasteiger partial charge in [-0.05, 0) is 38.0 Å². The van der Waals surface area contributed by atoms with Crippen molar-refractivity contribution in [1.82, 2.24) is 9.80 Å². The van der Waals surface area contributed by atoms with E-state index in [1.54, 1.807) is 0 Å². The lowest BCUT2D eigenvalue weighted by atomic mass is 10.0. The summed E-state index contributed by atoms with van der Waals surface area (Å²) in [4.78, 5) is 16.8. The lowest BCUT2D eigenvalue weighted by Crippen LogP contribution is -2.53. The van der Waals surface area contributed by atoms with Crippen LogP contribution in [0, 0.1) is 5.92 Å². The van der Waals surface area contributed by atoms with Gasteiger partial charge in [-0.25, -0.2) is 0 Å². The Bertz CT molecular complexity index is 333. The molecule has 1 saturated heterocycles. The van der Waals surface area contributed by atoms with E-state index in [1.165, 1.54) is 25.7 Å². The number of aliphatic hydroxyl groups excluding tert-OH is 1. The second-order valence-corrected chi connectivity index (χ2v) is 6.84. The Balaban J connectivity index is 1.44. The van der Waals surface area contributed by atoms with Crippen molar-refractivity contribution in [2.45, 2.75) is 63.5 Å². The zero-order valence-electron chi connectivity index (χ0n) is 12.5. The second kappa shape index (κ2) is 6.44. The van der Waals surface area contributed by atoms with E-state index < -0.39 is 0 Å². The van der Waals surface area contributed by atoms with Gasteiger partial charge in [0.05, 0.1) is 6.10 Å². The molecule has 3 aliphatic rings. The molecule has 0 unspecified atom stereocenters. The first-order chi connectivity index (χ1) is 9.74. The molecule has 0 radical (unpaired) electrons. The van der Waals surface area contributed by atoms with Gasteiger partial charge in [-0.3, -0.25) is 9.69 Å². The number of hydrogen-bond donors (Lipinski definition) is 1. The molecule has 0 aromatic heterocycles. The first-order valence-electron chi connectivity index (χ1n) is 8.44. The summed E-state index contributed by atoms with van der Waals surface area (Å²) in [6.07, 6.45) is 8.97. The number of nitrogens with zero attached hydrogens (tertiary/aromatic N) is 2. The molecule has 1 amide bonds. The van der Waals surface area contributed by atoms with Crippen molar-refractivity contribution in [1.29, 1.82) is 0 Å². The highest BCUT2D eigenvalue weighted by molar-refractivity contribution is 5.76. The Morgan fingerprint density at radius 3 is 2.25 bits per heavy atom. The van der Waals surface area contributed by atoms with E-state index in [0.717, 1.165) is 51.9 Å². The minimum atomic E-state index is -0.143. The molecule has 0 aromatic carbocycles. The van der Waals surface area contributed by atoms with E-state index in [0.29, 0.717) is 17.9 Å². The molecule has 2 saturated carbocycles. The van der Waals surface area contributed by atoms with Crippen molar-refractivity contribution >= 4 is 5.91 Å². The van der Waals surface area contributed by atoms with Gasteiger partial charge in [0.2, 0.25) is 5.91 Å². The second-order valence-electron chi connectivity index (χ2n) is 6.84. The maximum absolute atomic E-state index is 12.3. The first-order valence-corrected chi connectivity index (χ1v) is 8.44. The van der Waals surface area contributed by atoms with Gasteiger partial charge >= 0.3 is 0 Å². The van der Waals surface area contributed by atoms with Crippen LogP contribution in [-0.2, 0) is 4.79 Å². The molecular formula is C16H28N2O2. The molecule has 3 rings (SSSR count). The standard InChI is InChI=1S/C16H28N2O2/c19-15-7-3-6-14(15)17-8-10-18(11-9-17)16(20)12-13-4-1-2-5-13/h13-15,19H,1-12H2/t14-,15+/m0/s1. The zero-order chi connectivity index (χ0) is 13.9.